The average Bonchev–Trinajstić information content (AvgIpc) is 1.84. The Morgan fingerprint density at radius 1 is 1.55 bits per heavy atom. The zero-order chi connectivity index (χ0) is 9.02. The molecule has 4 heteroatoms. The van der Waals surface area contributed by atoms with Gasteiger partial charge in [-0.15, -0.1) is 0 Å². The molecule has 0 unspecified atom stereocenters. The predicted molar refractivity (Wildman–Crippen MR) is 41.1 cm³/mol. The molecule has 0 aliphatic heterocycles. The minimum Gasteiger partial charge on any atom is -0.481 e. The summed E-state index contributed by atoms with van der Waals surface area (Å²) in [5, 5.41) is 17.6. The summed E-state index contributed by atoms with van der Waals surface area (Å²) >= 11 is 0. The molecule has 0 bridgehead atoms. The molecule has 11 heavy (non-hydrogen) atoms. The molecule has 0 saturated carbocycles. The Bertz CT molecular complexity index is 136. The Hall–Kier alpha value is -0.610. The maximum atomic E-state index is 10.1. The molecular weight excluding hydrogens is 146 g/mol. The van der Waals surface area contributed by atoms with Crippen LogP contribution in [0.4, 0.5) is 0 Å². The first kappa shape index (κ1) is 10.4. The van der Waals surface area contributed by atoms with E-state index in [0.29, 0.717) is 0 Å². The Kier molecular flexibility index (Phi) is 4.07. The zero-order valence-electron chi connectivity index (χ0n) is 6.82. The first-order valence-electron chi connectivity index (χ1n) is 3.60. The second-order valence-electron chi connectivity index (χ2n) is 3.00. The lowest BCUT2D eigenvalue weighted by atomic mass is 9.98. The van der Waals surface area contributed by atoms with Crippen molar-refractivity contribution in [3.63, 3.8) is 0 Å². The number of nitrogens with two attached hydrogens (primary N) is 1. The molecule has 0 radical (unpaired) electrons. The van der Waals surface area contributed by atoms with Crippen molar-refractivity contribution >= 4 is 5.97 Å². The predicted octanol–water partition coefficient (Wildman–Crippen LogP) is -0.195. The van der Waals surface area contributed by atoms with Gasteiger partial charge in [-0.2, -0.15) is 0 Å². The third-order valence-electron chi connectivity index (χ3n) is 1.53. The highest BCUT2D eigenvalue weighted by Crippen LogP contribution is 2.06. The lowest BCUT2D eigenvalue weighted by Gasteiger charge is -2.20. The van der Waals surface area contributed by atoms with Gasteiger partial charge in [0.2, 0.25) is 0 Å². The fourth-order valence-corrected chi connectivity index (χ4v) is 0.817. The maximum absolute atomic E-state index is 10.1. The molecule has 66 valence electrons. The first-order chi connectivity index (χ1) is 4.95. The van der Waals surface area contributed by atoms with Crippen LogP contribution >= 0.6 is 0 Å². The summed E-state index contributed by atoms with van der Waals surface area (Å²) in [6.07, 6.45) is -0.912. The summed E-state index contributed by atoms with van der Waals surface area (Å²) in [6, 6.07) is -0.660. The van der Waals surface area contributed by atoms with E-state index < -0.39 is 18.1 Å². The smallest absolute Gasteiger partial charge is 0.305 e. The van der Waals surface area contributed by atoms with Crippen LogP contribution in [0.3, 0.4) is 0 Å². The van der Waals surface area contributed by atoms with Crippen LogP contribution in [0.15, 0.2) is 0 Å². The number of carbonyl (C=O) groups is 1. The number of aliphatic hydroxyl groups excluding tert-OH is 1. The number of hydrogen-bond donors (Lipinski definition) is 3. The molecule has 0 saturated heterocycles. The largest absolute Gasteiger partial charge is 0.481 e. The SMILES string of the molecule is CC(C)[C@@H](O)[C@H](N)CC(=O)O. The van der Waals surface area contributed by atoms with Gasteiger partial charge in [0.1, 0.15) is 0 Å². The molecule has 2 atom stereocenters. The molecule has 0 aromatic rings. The summed E-state index contributed by atoms with van der Waals surface area (Å²) in [5.41, 5.74) is 5.39. The number of aliphatic carboxylic acids is 1. The summed E-state index contributed by atoms with van der Waals surface area (Å²) in [6.45, 7) is 3.60. The summed E-state index contributed by atoms with van der Waals surface area (Å²) < 4.78 is 0. The first-order valence-corrected chi connectivity index (χ1v) is 3.60. The minimum atomic E-state index is -0.975. The molecule has 0 aromatic heterocycles. The van der Waals surface area contributed by atoms with Gasteiger partial charge in [0.25, 0.3) is 0 Å². The van der Waals surface area contributed by atoms with E-state index in [9.17, 15) is 9.90 Å². The van der Waals surface area contributed by atoms with Crippen LogP contribution in [0, 0.1) is 5.92 Å². The fraction of sp³-hybridized carbons (Fsp3) is 0.857. The Balaban J connectivity index is 3.82. The molecule has 0 aliphatic carbocycles. The summed E-state index contributed by atoms with van der Waals surface area (Å²) in [4.78, 5) is 10.1. The van der Waals surface area contributed by atoms with Crippen LogP contribution < -0.4 is 5.73 Å². The third kappa shape index (κ3) is 3.95. The van der Waals surface area contributed by atoms with Gasteiger partial charge in [0.05, 0.1) is 12.5 Å². The van der Waals surface area contributed by atoms with E-state index in [1.165, 1.54) is 0 Å². The van der Waals surface area contributed by atoms with Crippen molar-refractivity contribution in [2.45, 2.75) is 32.4 Å². The second kappa shape index (κ2) is 4.31. The van der Waals surface area contributed by atoms with Gasteiger partial charge in [0, 0.05) is 6.04 Å². The lowest BCUT2D eigenvalue weighted by molar-refractivity contribution is -0.138. The van der Waals surface area contributed by atoms with E-state index in [1.807, 2.05) is 0 Å². The van der Waals surface area contributed by atoms with Crippen LogP contribution in [-0.4, -0.2) is 28.3 Å². The van der Waals surface area contributed by atoms with Crippen molar-refractivity contribution in [2.24, 2.45) is 11.7 Å². The Morgan fingerprint density at radius 3 is 2.27 bits per heavy atom. The van der Waals surface area contributed by atoms with E-state index in [0.717, 1.165) is 0 Å². The summed E-state index contributed by atoms with van der Waals surface area (Å²) in [5.74, 6) is -0.971. The van der Waals surface area contributed by atoms with Crippen molar-refractivity contribution in [2.75, 3.05) is 0 Å². The molecule has 4 N–H and O–H groups in total. The normalized spacial score (nSPS) is 16.5. The van der Waals surface area contributed by atoms with Crippen LogP contribution in [0.25, 0.3) is 0 Å². The molecule has 0 aromatic carbocycles. The highest BCUT2D eigenvalue weighted by atomic mass is 16.4. The molecule has 0 aliphatic rings. The van der Waals surface area contributed by atoms with Gasteiger partial charge in [0.15, 0.2) is 0 Å². The van der Waals surface area contributed by atoms with Crippen molar-refractivity contribution < 1.29 is 15.0 Å². The highest BCUT2D eigenvalue weighted by molar-refractivity contribution is 5.67. The van der Waals surface area contributed by atoms with Gasteiger partial charge < -0.3 is 15.9 Å². The van der Waals surface area contributed by atoms with Crippen molar-refractivity contribution in [3.05, 3.63) is 0 Å². The summed E-state index contributed by atoms with van der Waals surface area (Å²) in [7, 11) is 0. The zero-order valence-corrected chi connectivity index (χ0v) is 6.82. The van der Waals surface area contributed by atoms with E-state index in [-0.39, 0.29) is 12.3 Å². The van der Waals surface area contributed by atoms with Crippen molar-refractivity contribution in [1.29, 1.82) is 0 Å². The van der Waals surface area contributed by atoms with Crippen molar-refractivity contribution in [3.8, 4) is 0 Å². The minimum absolute atomic E-state index is 0.00403. The van der Waals surface area contributed by atoms with Crippen LogP contribution in [0.5, 0.6) is 0 Å². The van der Waals surface area contributed by atoms with E-state index in [2.05, 4.69) is 0 Å². The number of hydrogen-bond acceptors (Lipinski definition) is 3. The van der Waals surface area contributed by atoms with Gasteiger partial charge in [-0.25, -0.2) is 0 Å². The quantitative estimate of drug-likeness (QED) is 0.533. The number of rotatable bonds is 4. The fourth-order valence-electron chi connectivity index (χ4n) is 0.817. The average molecular weight is 161 g/mol. The van der Waals surface area contributed by atoms with Gasteiger partial charge >= 0.3 is 5.97 Å². The standard InChI is InChI=1S/C7H15NO3/c1-4(2)7(11)5(8)3-6(9)10/h4-5,7,11H,3,8H2,1-2H3,(H,9,10)/t5-,7-/m1/s1. The van der Waals surface area contributed by atoms with Crippen LogP contribution in [0.2, 0.25) is 0 Å². The second-order valence-corrected chi connectivity index (χ2v) is 3.00. The number of aliphatic hydroxyl groups is 1. The molecule has 0 heterocycles. The van der Waals surface area contributed by atoms with Crippen LogP contribution in [-0.2, 0) is 4.79 Å². The number of carboxylic acid groups (broad SMARTS) is 1. The monoisotopic (exact) mass is 161 g/mol. The molecule has 0 amide bonds. The molecule has 0 spiro atoms. The van der Waals surface area contributed by atoms with Gasteiger partial charge in [-0.1, -0.05) is 13.8 Å². The molecule has 4 nitrogen and oxygen atoms in total. The van der Waals surface area contributed by atoms with E-state index >= 15 is 0 Å². The van der Waals surface area contributed by atoms with Crippen molar-refractivity contribution in [1.82, 2.24) is 0 Å². The number of carboxylic acids is 1. The molecule has 0 fully saturated rings. The van der Waals surface area contributed by atoms with Gasteiger partial charge in [-0.3, -0.25) is 4.79 Å². The topological polar surface area (TPSA) is 83.5 Å². The van der Waals surface area contributed by atoms with E-state index in [1.54, 1.807) is 13.8 Å². The Labute approximate surface area is 66.0 Å². The molecule has 0 rings (SSSR count). The maximum Gasteiger partial charge on any atom is 0.305 e. The van der Waals surface area contributed by atoms with Gasteiger partial charge in [-0.05, 0) is 5.92 Å². The highest BCUT2D eigenvalue weighted by Gasteiger charge is 2.20. The Morgan fingerprint density at radius 2 is 2.00 bits per heavy atom. The van der Waals surface area contributed by atoms with Crippen LogP contribution in [0.1, 0.15) is 20.3 Å². The van der Waals surface area contributed by atoms with E-state index in [4.69, 9.17) is 10.8 Å². The lowest BCUT2D eigenvalue weighted by Crippen LogP contribution is -2.39. The molecular formula is C7H15NO3. The third-order valence-corrected chi connectivity index (χ3v) is 1.53.